The molecule has 0 saturated carbocycles. The number of rotatable bonds is 2. The minimum Gasteiger partial charge on any atom is -0.478 e. The van der Waals surface area contributed by atoms with Gasteiger partial charge in [-0.25, -0.2) is 4.79 Å². The van der Waals surface area contributed by atoms with Crippen LogP contribution in [0.4, 0.5) is 0 Å². The Kier molecular flexibility index (Phi) is 2.98. The van der Waals surface area contributed by atoms with Gasteiger partial charge in [0.15, 0.2) is 0 Å². The standard InChI is InChI=1S/C6H8BrNO2S/c1-2-5-4(6(9)10)3-11-8(5)7/h3,5H,2H2,1H3,(H,9,10). The summed E-state index contributed by atoms with van der Waals surface area (Å²) in [6.45, 7) is 1.96. The zero-order valence-corrected chi connectivity index (χ0v) is 8.35. The zero-order chi connectivity index (χ0) is 8.43. The smallest absolute Gasteiger partial charge is 0.333 e. The zero-order valence-electron chi connectivity index (χ0n) is 5.95. The Morgan fingerprint density at radius 2 is 2.64 bits per heavy atom. The highest BCUT2D eigenvalue weighted by molar-refractivity contribution is 9.09. The summed E-state index contributed by atoms with van der Waals surface area (Å²) in [4.78, 5) is 10.6. The van der Waals surface area contributed by atoms with Gasteiger partial charge in [-0.3, -0.25) is 0 Å². The quantitative estimate of drug-likeness (QED) is 0.590. The van der Waals surface area contributed by atoms with Crippen LogP contribution in [-0.2, 0) is 4.79 Å². The van der Waals surface area contributed by atoms with Crippen LogP contribution in [0.15, 0.2) is 11.0 Å². The SMILES string of the molecule is CCC1C(C(=O)O)=CSN1Br. The van der Waals surface area contributed by atoms with Crippen LogP contribution in [0.25, 0.3) is 0 Å². The summed E-state index contributed by atoms with van der Waals surface area (Å²) in [5.74, 6) is -0.828. The van der Waals surface area contributed by atoms with Crippen LogP contribution < -0.4 is 0 Å². The van der Waals surface area contributed by atoms with Crippen molar-refractivity contribution in [3.05, 3.63) is 11.0 Å². The molecule has 0 radical (unpaired) electrons. The molecule has 0 bridgehead atoms. The molecule has 0 aliphatic carbocycles. The Morgan fingerprint density at radius 3 is 3.00 bits per heavy atom. The first-order valence-electron chi connectivity index (χ1n) is 3.22. The van der Waals surface area contributed by atoms with E-state index in [9.17, 15) is 4.79 Å². The van der Waals surface area contributed by atoms with Crippen LogP contribution in [-0.4, -0.2) is 20.4 Å². The molecule has 0 fully saturated rings. The fraction of sp³-hybridized carbons (Fsp3) is 0.500. The Bertz CT molecular complexity index is 207. The van der Waals surface area contributed by atoms with E-state index < -0.39 is 5.97 Å². The lowest BCUT2D eigenvalue weighted by Crippen LogP contribution is -2.22. The van der Waals surface area contributed by atoms with Crippen LogP contribution in [0.3, 0.4) is 0 Å². The van der Waals surface area contributed by atoms with Crippen LogP contribution in [0, 0.1) is 0 Å². The summed E-state index contributed by atoms with van der Waals surface area (Å²) >= 11 is 4.63. The second kappa shape index (κ2) is 3.60. The molecular weight excluding hydrogens is 230 g/mol. The average molecular weight is 238 g/mol. The Hall–Kier alpha value is -0.0000000000000000555. The third-order valence-electron chi connectivity index (χ3n) is 1.52. The third-order valence-corrected chi connectivity index (χ3v) is 3.33. The van der Waals surface area contributed by atoms with Crippen LogP contribution in [0.2, 0.25) is 0 Å². The largest absolute Gasteiger partial charge is 0.478 e. The lowest BCUT2D eigenvalue weighted by molar-refractivity contribution is -0.133. The second-order valence-corrected chi connectivity index (χ2v) is 4.25. The molecule has 62 valence electrons. The van der Waals surface area contributed by atoms with Crippen LogP contribution in [0.1, 0.15) is 13.3 Å². The highest BCUT2D eigenvalue weighted by atomic mass is 79.9. The van der Waals surface area contributed by atoms with Crippen LogP contribution in [0.5, 0.6) is 0 Å². The van der Waals surface area contributed by atoms with E-state index in [1.54, 1.807) is 8.74 Å². The topological polar surface area (TPSA) is 40.5 Å². The van der Waals surface area contributed by atoms with Gasteiger partial charge in [0.2, 0.25) is 0 Å². The molecular formula is C6H8BrNO2S. The van der Waals surface area contributed by atoms with Crippen molar-refractivity contribution in [3.8, 4) is 0 Å². The number of aliphatic carboxylic acids is 1. The lowest BCUT2D eigenvalue weighted by Gasteiger charge is -2.14. The van der Waals surface area contributed by atoms with Gasteiger partial charge in [0.1, 0.15) is 0 Å². The molecule has 1 rings (SSSR count). The number of hydrogen-bond donors (Lipinski definition) is 1. The normalized spacial score (nSPS) is 25.3. The lowest BCUT2D eigenvalue weighted by atomic mass is 10.1. The number of hydrogen-bond acceptors (Lipinski definition) is 3. The summed E-state index contributed by atoms with van der Waals surface area (Å²) in [7, 11) is 0. The monoisotopic (exact) mass is 237 g/mol. The average Bonchev–Trinajstić information content (AvgIpc) is 2.30. The molecule has 1 aliphatic heterocycles. The summed E-state index contributed by atoms with van der Waals surface area (Å²) in [5.41, 5.74) is 0.467. The van der Waals surface area contributed by atoms with Gasteiger partial charge in [-0.15, -0.1) is 0 Å². The minimum atomic E-state index is -0.828. The Balaban J connectivity index is 2.73. The maximum Gasteiger partial charge on any atom is 0.333 e. The highest BCUT2D eigenvalue weighted by Gasteiger charge is 2.29. The molecule has 5 heteroatoms. The number of halogens is 1. The van der Waals surface area contributed by atoms with E-state index in [-0.39, 0.29) is 6.04 Å². The summed E-state index contributed by atoms with van der Waals surface area (Å²) < 4.78 is 1.77. The van der Waals surface area contributed by atoms with Gasteiger partial charge >= 0.3 is 5.97 Å². The van der Waals surface area contributed by atoms with E-state index in [0.717, 1.165) is 6.42 Å². The van der Waals surface area contributed by atoms with Gasteiger partial charge in [0.05, 0.1) is 11.6 Å². The van der Waals surface area contributed by atoms with E-state index in [0.29, 0.717) is 5.57 Å². The van der Waals surface area contributed by atoms with Gasteiger partial charge in [0, 0.05) is 16.1 Å². The number of carbonyl (C=O) groups is 1. The predicted molar refractivity (Wildman–Crippen MR) is 48.2 cm³/mol. The van der Waals surface area contributed by atoms with E-state index in [1.807, 2.05) is 6.92 Å². The summed E-state index contributed by atoms with van der Waals surface area (Å²) in [5, 5.41) is 10.4. The molecule has 1 atom stereocenters. The second-order valence-electron chi connectivity index (χ2n) is 2.18. The fourth-order valence-corrected chi connectivity index (χ4v) is 2.57. The number of carboxylic acids is 1. The van der Waals surface area contributed by atoms with Crippen molar-refractivity contribution in [3.63, 3.8) is 0 Å². The van der Waals surface area contributed by atoms with Crippen molar-refractivity contribution in [2.75, 3.05) is 0 Å². The molecule has 0 amide bonds. The molecule has 1 unspecified atom stereocenters. The van der Waals surface area contributed by atoms with Crippen molar-refractivity contribution in [1.29, 1.82) is 0 Å². The molecule has 1 heterocycles. The molecule has 0 saturated heterocycles. The van der Waals surface area contributed by atoms with Crippen LogP contribution >= 0.6 is 28.1 Å². The van der Waals surface area contributed by atoms with Gasteiger partial charge in [-0.1, -0.05) is 6.92 Å². The molecule has 0 aromatic rings. The van der Waals surface area contributed by atoms with Crippen molar-refractivity contribution in [2.45, 2.75) is 19.4 Å². The van der Waals surface area contributed by atoms with E-state index >= 15 is 0 Å². The van der Waals surface area contributed by atoms with Gasteiger partial charge in [-0.05, 0) is 23.8 Å². The molecule has 11 heavy (non-hydrogen) atoms. The molecule has 1 aliphatic rings. The molecule has 0 aromatic heterocycles. The molecule has 1 N–H and O–H groups in total. The number of carboxylic acid groups (broad SMARTS) is 1. The first-order chi connectivity index (χ1) is 5.16. The fourth-order valence-electron chi connectivity index (χ4n) is 0.925. The minimum absolute atomic E-state index is 0.00231. The number of nitrogens with zero attached hydrogens (tertiary/aromatic N) is 1. The summed E-state index contributed by atoms with van der Waals surface area (Å²) in [6.07, 6.45) is 0.802. The third kappa shape index (κ3) is 1.77. The summed E-state index contributed by atoms with van der Waals surface area (Å²) in [6, 6.07) is -0.00231. The molecule has 3 nitrogen and oxygen atoms in total. The predicted octanol–water partition coefficient (Wildman–Crippen LogP) is 2.01. The van der Waals surface area contributed by atoms with Crippen molar-refractivity contribution < 1.29 is 9.90 Å². The van der Waals surface area contributed by atoms with Crippen molar-refractivity contribution >= 4 is 34.1 Å². The molecule has 0 spiro atoms. The van der Waals surface area contributed by atoms with E-state index in [4.69, 9.17) is 5.11 Å². The van der Waals surface area contributed by atoms with E-state index in [2.05, 4.69) is 16.1 Å². The van der Waals surface area contributed by atoms with Crippen molar-refractivity contribution in [2.24, 2.45) is 0 Å². The van der Waals surface area contributed by atoms with Gasteiger partial charge in [0.25, 0.3) is 0 Å². The Morgan fingerprint density at radius 1 is 2.00 bits per heavy atom. The maximum absolute atomic E-state index is 10.6. The van der Waals surface area contributed by atoms with Gasteiger partial charge < -0.3 is 5.11 Å². The molecule has 0 aromatic carbocycles. The van der Waals surface area contributed by atoms with E-state index in [1.165, 1.54) is 11.9 Å². The Labute approximate surface area is 77.9 Å². The van der Waals surface area contributed by atoms with Crippen molar-refractivity contribution in [1.82, 2.24) is 3.33 Å². The maximum atomic E-state index is 10.6. The highest BCUT2D eigenvalue weighted by Crippen LogP contribution is 2.35. The first kappa shape index (κ1) is 9.09. The first-order valence-corrected chi connectivity index (χ1v) is 4.76. The van der Waals surface area contributed by atoms with Gasteiger partial charge in [-0.2, -0.15) is 3.33 Å².